The van der Waals surface area contributed by atoms with E-state index in [0.717, 1.165) is 18.8 Å². The molecular weight excluding hydrogens is 250 g/mol. The molecule has 1 amide bonds. The van der Waals surface area contributed by atoms with Gasteiger partial charge in [-0.25, -0.2) is 0 Å². The highest BCUT2D eigenvalue weighted by Crippen LogP contribution is 2.28. The highest BCUT2D eigenvalue weighted by atomic mass is 35.5. The predicted molar refractivity (Wildman–Crippen MR) is 71.8 cm³/mol. The summed E-state index contributed by atoms with van der Waals surface area (Å²) in [5, 5.41) is 3.28. The van der Waals surface area contributed by atoms with Gasteiger partial charge in [0.15, 0.2) is 11.0 Å². The van der Waals surface area contributed by atoms with Gasteiger partial charge in [0.1, 0.15) is 0 Å². The molecule has 1 saturated carbocycles. The second-order valence-corrected chi connectivity index (χ2v) is 5.46. The van der Waals surface area contributed by atoms with Gasteiger partial charge in [0.25, 0.3) is 5.91 Å². The van der Waals surface area contributed by atoms with E-state index in [9.17, 15) is 4.79 Å². The molecule has 1 aliphatic carbocycles. The van der Waals surface area contributed by atoms with Crippen molar-refractivity contribution in [1.82, 2.24) is 5.32 Å². The first kappa shape index (κ1) is 13.5. The van der Waals surface area contributed by atoms with Crippen molar-refractivity contribution in [2.45, 2.75) is 51.5 Å². The standard InChI is InChI=1S/C14H20ClNO2/c1-2-3-10-4-6-11(7-5-10)16-14(17)12-8-9-13(15)18-12/h8-11H,2-7H2,1H3,(H,16,17). The largest absolute Gasteiger partial charge is 0.440 e. The molecule has 0 bridgehead atoms. The second-order valence-electron chi connectivity index (χ2n) is 5.08. The van der Waals surface area contributed by atoms with Gasteiger partial charge in [0.2, 0.25) is 0 Å². The van der Waals surface area contributed by atoms with E-state index < -0.39 is 0 Å². The van der Waals surface area contributed by atoms with E-state index in [1.165, 1.54) is 25.7 Å². The Hall–Kier alpha value is -0.960. The Morgan fingerprint density at radius 2 is 2.11 bits per heavy atom. The third-order valence-corrected chi connectivity index (χ3v) is 3.88. The molecule has 1 aliphatic rings. The van der Waals surface area contributed by atoms with Crippen LogP contribution in [0.25, 0.3) is 0 Å². The van der Waals surface area contributed by atoms with Crippen LogP contribution in [0.2, 0.25) is 5.22 Å². The molecule has 0 aromatic carbocycles. The van der Waals surface area contributed by atoms with Crippen molar-refractivity contribution in [2.75, 3.05) is 0 Å². The lowest BCUT2D eigenvalue weighted by Gasteiger charge is -2.28. The maximum atomic E-state index is 11.9. The first-order valence-corrected chi connectivity index (χ1v) is 7.13. The summed E-state index contributed by atoms with van der Waals surface area (Å²) in [6, 6.07) is 3.49. The minimum Gasteiger partial charge on any atom is -0.440 e. The van der Waals surface area contributed by atoms with Crippen molar-refractivity contribution >= 4 is 17.5 Å². The van der Waals surface area contributed by atoms with Crippen LogP contribution in [-0.2, 0) is 0 Å². The maximum absolute atomic E-state index is 11.9. The number of furan rings is 1. The van der Waals surface area contributed by atoms with Crippen molar-refractivity contribution in [1.29, 1.82) is 0 Å². The zero-order valence-electron chi connectivity index (χ0n) is 10.7. The highest BCUT2D eigenvalue weighted by molar-refractivity contribution is 6.29. The molecule has 1 aromatic rings. The molecule has 2 rings (SSSR count). The molecular formula is C14H20ClNO2. The van der Waals surface area contributed by atoms with Gasteiger partial charge in [-0.2, -0.15) is 0 Å². The molecule has 0 saturated heterocycles. The smallest absolute Gasteiger partial charge is 0.287 e. The van der Waals surface area contributed by atoms with Crippen LogP contribution in [0.3, 0.4) is 0 Å². The summed E-state index contributed by atoms with van der Waals surface area (Å²) in [6.07, 6.45) is 7.16. The van der Waals surface area contributed by atoms with Crippen molar-refractivity contribution in [3.8, 4) is 0 Å². The number of hydrogen-bond donors (Lipinski definition) is 1. The number of halogens is 1. The molecule has 18 heavy (non-hydrogen) atoms. The number of carbonyl (C=O) groups excluding carboxylic acids is 1. The molecule has 0 unspecified atom stereocenters. The van der Waals surface area contributed by atoms with Crippen LogP contribution < -0.4 is 5.32 Å². The van der Waals surface area contributed by atoms with E-state index in [2.05, 4.69) is 12.2 Å². The molecule has 1 fully saturated rings. The van der Waals surface area contributed by atoms with Gasteiger partial charge in [0.05, 0.1) is 0 Å². The van der Waals surface area contributed by atoms with E-state index in [4.69, 9.17) is 16.0 Å². The summed E-state index contributed by atoms with van der Waals surface area (Å²) in [5.74, 6) is 0.998. The van der Waals surface area contributed by atoms with Gasteiger partial charge in [-0.05, 0) is 55.3 Å². The van der Waals surface area contributed by atoms with Crippen molar-refractivity contribution < 1.29 is 9.21 Å². The fourth-order valence-electron chi connectivity index (χ4n) is 2.70. The molecule has 1 heterocycles. The van der Waals surface area contributed by atoms with Crippen LogP contribution in [0.15, 0.2) is 16.5 Å². The third kappa shape index (κ3) is 3.52. The summed E-state index contributed by atoms with van der Waals surface area (Å²) in [5.41, 5.74) is 0. The normalized spacial score (nSPS) is 23.9. The molecule has 4 heteroatoms. The molecule has 1 aromatic heterocycles. The average Bonchev–Trinajstić information content (AvgIpc) is 2.79. The number of hydrogen-bond acceptors (Lipinski definition) is 2. The Morgan fingerprint density at radius 1 is 1.39 bits per heavy atom. The van der Waals surface area contributed by atoms with Gasteiger partial charge < -0.3 is 9.73 Å². The zero-order valence-corrected chi connectivity index (χ0v) is 11.5. The predicted octanol–water partition coefficient (Wildman–Crippen LogP) is 4.02. The summed E-state index contributed by atoms with van der Waals surface area (Å²) >= 11 is 5.65. The molecule has 100 valence electrons. The van der Waals surface area contributed by atoms with E-state index >= 15 is 0 Å². The fourth-order valence-corrected chi connectivity index (χ4v) is 2.84. The van der Waals surface area contributed by atoms with Gasteiger partial charge in [-0.15, -0.1) is 0 Å². The monoisotopic (exact) mass is 269 g/mol. The lowest BCUT2D eigenvalue weighted by molar-refractivity contribution is 0.0893. The Kier molecular flexibility index (Phi) is 4.70. The lowest BCUT2D eigenvalue weighted by Crippen LogP contribution is -2.37. The second kappa shape index (κ2) is 6.28. The van der Waals surface area contributed by atoms with Crippen LogP contribution in [0.5, 0.6) is 0 Å². The molecule has 0 spiro atoms. The Labute approximate surface area is 113 Å². The van der Waals surface area contributed by atoms with Crippen LogP contribution in [0.1, 0.15) is 56.0 Å². The van der Waals surface area contributed by atoms with E-state index in [1.54, 1.807) is 12.1 Å². The Morgan fingerprint density at radius 3 is 2.67 bits per heavy atom. The SMILES string of the molecule is CCCC1CCC(NC(=O)c2ccc(Cl)o2)CC1. The van der Waals surface area contributed by atoms with Crippen molar-refractivity contribution in [3.05, 3.63) is 23.1 Å². The number of nitrogens with one attached hydrogen (secondary N) is 1. The quantitative estimate of drug-likeness (QED) is 0.897. The summed E-state index contributed by atoms with van der Waals surface area (Å²) in [7, 11) is 0. The van der Waals surface area contributed by atoms with E-state index in [0.29, 0.717) is 5.76 Å². The Balaban J connectivity index is 1.79. The first-order chi connectivity index (χ1) is 8.69. The van der Waals surface area contributed by atoms with Crippen molar-refractivity contribution in [2.24, 2.45) is 5.92 Å². The van der Waals surface area contributed by atoms with Crippen LogP contribution >= 0.6 is 11.6 Å². The molecule has 0 atom stereocenters. The molecule has 1 N–H and O–H groups in total. The van der Waals surface area contributed by atoms with Gasteiger partial charge >= 0.3 is 0 Å². The molecule has 0 aliphatic heterocycles. The Bertz CT molecular complexity index is 394. The minimum atomic E-state index is -0.152. The first-order valence-electron chi connectivity index (χ1n) is 6.75. The minimum absolute atomic E-state index is 0.152. The number of carbonyl (C=O) groups is 1. The lowest BCUT2D eigenvalue weighted by atomic mass is 9.83. The summed E-state index contributed by atoms with van der Waals surface area (Å²) < 4.78 is 5.10. The highest BCUT2D eigenvalue weighted by Gasteiger charge is 2.23. The number of amides is 1. The van der Waals surface area contributed by atoms with Crippen LogP contribution in [0, 0.1) is 5.92 Å². The average molecular weight is 270 g/mol. The fraction of sp³-hybridized carbons (Fsp3) is 0.643. The van der Waals surface area contributed by atoms with Gasteiger partial charge in [0, 0.05) is 6.04 Å². The van der Waals surface area contributed by atoms with E-state index in [1.807, 2.05) is 0 Å². The zero-order chi connectivity index (χ0) is 13.0. The summed E-state index contributed by atoms with van der Waals surface area (Å²) in [4.78, 5) is 11.9. The summed E-state index contributed by atoms with van der Waals surface area (Å²) in [6.45, 7) is 2.23. The van der Waals surface area contributed by atoms with Gasteiger partial charge in [-0.3, -0.25) is 4.79 Å². The maximum Gasteiger partial charge on any atom is 0.287 e. The molecule has 0 radical (unpaired) electrons. The van der Waals surface area contributed by atoms with Crippen LogP contribution in [-0.4, -0.2) is 11.9 Å². The topological polar surface area (TPSA) is 42.2 Å². The van der Waals surface area contributed by atoms with E-state index in [-0.39, 0.29) is 17.2 Å². The van der Waals surface area contributed by atoms with Crippen molar-refractivity contribution in [3.63, 3.8) is 0 Å². The van der Waals surface area contributed by atoms with Gasteiger partial charge in [-0.1, -0.05) is 19.8 Å². The third-order valence-electron chi connectivity index (χ3n) is 3.68. The van der Waals surface area contributed by atoms with Crippen LogP contribution in [0.4, 0.5) is 0 Å². The molecule has 3 nitrogen and oxygen atoms in total. The number of rotatable bonds is 4.